The zero-order valence-corrected chi connectivity index (χ0v) is 8.59. The molecule has 1 aromatic carbocycles. The Morgan fingerprint density at radius 3 is 2.31 bits per heavy atom. The van der Waals surface area contributed by atoms with Gasteiger partial charge in [0.2, 0.25) is 0 Å². The summed E-state index contributed by atoms with van der Waals surface area (Å²) in [6.07, 6.45) is 2.34. The molecule has 0 bridgehead atoms. The molecular weight excluding hydrogens is 158 g/mol. The first-order chi connectivity index (χ1) is 6.23. The number of rotatable bonds is 4. The Morgan fingerprint density at radius 1 is 1.23 bits per heavy atom. The van der Waals surface area contributed by atoms with Gasteiger partial charge in [-0.15, -0.1) is 0 Å². The summed E-state index contributed by atoms with van der Waals surface area (Å²) >= 11 is 0. The largest absolute Gasteiger partial charge is 0.330 e. The van der Waals surface area contributed by atoms with Crippen molar-refractivity contribution in [3.63, 3.8) is 0 Å². The monoisotopic (exact) mass is 177 g/mol. The highest BCUT2D eigenvalue weighted by molar-refractivity contribution is 5.24. The number of hydrogen-bond acceptors (Lipinski definition) is 1. The molecule has 0 aromatic heterocycles. The minimum absolute atomic E-state index is 0.163. The van der Waals surface area contributed by atoms with Crippen LogP contribution in [0.25, 0.3) is 0 Å². The van der Waals surface area contributed by atoms with Crippen LogP contribution in [-0.4, -0.2) is 6.54 Å². The van der Waals surface area contributed by atoms with Crippen LogP contribution < -0.4 is 5.73 Å². The van der Waals surface area contributed by atoms with Crippen molar-refractivity contribution in [1.29, 1.82) is 0 Å². The van der Waals surface area contributed by atoms with E-state index in [4.69, 9.17) is 5.73 Å². The average molecular weight is 177 g/mol. The molecule has 1 heteroatoms. The Balaban J connectivity index is 2.89. The van der Waals surface area contributed by atoms with Gasteiger partial charge < -0.3 is 5.73 Å². The lowest BCUT2D eigenvalue weighted by Gasteiger charge is -2.28. The van der Waals surface area contributed by atoms with Crippen LogP contribution in [0.5, 0.6) is 0 Å². The highest BCUT2D eigenvalue weighted by Gasteiger charge is 2.22. The van der Waals surface area contributed by atoms with E-state index < -0.39 is 0 Å². The second-order valence-electron chi connectivity index (χ2n) is 3.88. The Labute approximate surface area is 81.0 Å². The summed E-state index contributed by atoms with van der Waals surface area (Å²) in [7, 11) is 0. The van der Waals surface area contributed by atoms with Gasteiger partial charge in [0.15, 0.2) is 0 Å². The molecule has 0 fully saturated rings. The van der Waals surface area contributed by atoms with E-state index in [2.05, 4.69) is 38.1 Å². The Hall–Kier alpha value is -0.820. The first-order valence-corrected chi connectivity index (χ1v) is 4.98. The molecule has 0 aliphatic heterocycles. The van der Waals surface area contributed by atoms with Crippen molar-refractivity contribution in [3.05, 3.63) is 35.9 Å². The summed E-state index contributed by atoms with van der Waals surface area (Å²) in [6.45, 7) is 5.17. The van der Waals surface area contributed by atoms with Crippen LogP contribution >= 0.6 is 0 Å². The molecule has 0 aliphatic rings. The fourth-order valence-corrected chi connectivity index (χ4v) is 1.76. The van der Waals surface area contributed by atoms with E-state index >= 15 is 0 Å². The average Bonchev–Trinajstić information content (AvgIpc) is 2.19. The van der Waals surface area contributed by atoms with E-state index in [-0.39, 0.29) is 5.41 Å². The van der Waals surface area contributed by atoms with Crippen molar-refractivity contribution in [2.24, 2.45) is 5.73 Å². The van der Waals surface area contributed by atoms with Crippen molar-refractivity contribution < 1.29 is 0 Å². The van der Waals surface area contributed by atoms with Gasteiger partial charge in [-0.2, -0.15) is 0 Å². The topological polar surface area (TPSA) is 26.0 Å². The summed E-state index contributed by atoms with van der Waals surface area (Å²) in [5, 5.41) is 0. The normalized spacial score (nSPS) is 15.3. The smallest absolute Gasteiger partial charge is 0.00472 e. The van der Waals surface area contributed by atoms with E-state index in [1.165, 1.54) is 12.0 Å². The number of hydrogen-bond donors (Lipinski definition) is 1. The van der Waals surface area contributed by atoms with Crippen LogP contribution in [0.4, 0.5) is 0 Å². The second kappa shape index (κ2) is 4.43. The molecule has 1 rings (SSSR count). The molecule has 72 valence electrons. The van der Waals surface area contributed by atoms with Crippen molar-refractivity contribution in [2.75, 3.05) is 6.54 Å². The summed E-state index contributed by atoms with van der Waals surface area (Å²) < 4.78 is 0. The molecule has 13 heavy (non-hydrogen) atoms. The molecule has 0 amide bonds. The second-order valence-corrected chi connectivity index (χ2v) is 3.88. The van der Waals surface area contributed by atoms with Crippen LogP contribution in [0.15, 0.2) is 30.3 Å². The predicted octanol–water partition coefficient (Wildman–Crippen LogP) is 2.70. The van der Waals surface area contributed by atoms with E-state index in [0.29, 0.717) is 0 Å². The van der Waals surface area contributed by atoms with E-state index in [1.807, 2.05) is 6.07 Å². The molecule has 0 aliphatic carbocycles. The van der Waals surface area contributed by atoms with Crippen LogP contribution in [0.3, 0.4) is 0 Å². The van der Waals surface area contributed by atoms with E-state index in [9.17, 15) is 0 Å². The zero-order chi connectivity index (χ0) is 9.73. The first kappa shape index (κ1) is 10.3. The number of benzene rings is 1. The van der Waals surface area contributed by atoms with E-state index in [1.54, 1.807) is 0 Å². The Morgan fingerprint density at radius 2 is 1.85 bits per heavy atom. The van der Waals surface area contributed by atoms with Crippen LogP contribution in [-0.2, 0) is 5.41 Å². The first-order valence-electron chi connectivity index (χ1n) is 4.98. The summed E-state index contributed by atoms with van der Waals surface area (Å²) in [5.74, 6) is 0. The third-order valence-corrected chi connectivity index (χ3v) is 2.72. The lowest BCUT2D eigenvalue weighted by atomic mass is 9.79. The van der Waals surface area contributed by atoms with Gasteiger partial charge in [-0.05, 0) is 12.0 Å². The van der Waals surface area contributed by atoms with E-state index in [0.717, 1.165) is 13.0 Å². The molecule has 1 unspecified atom stereocenters. The fourth-order valence-electron chi connectivity index (χ4n) is 1.76. The maximum Gasteiger partial charge on any atom is 0.00472 e. The summed E-state index contributed by atoms with van der Waals surface area (Å²) in [5.41, 5.74) is 7.35. The molecular formula is C12H19N. The van der Waals surface area contributed by atoms with Crippen molar-refractivity contribution in [2.45, 2.75) is 32.1 Å². The summed E-state index contributed by atoms with van der Waals surface area (Å²) in [6, 6.07) is 10.6. The molecule has 0 spiro atoms. The Bertz CT molecular complexity index is 243. The molecule has 1 nitrogen and oxygen atoms in total. The van der Waals surface area contributed by atoms with Crippen LogP contribution in [0.1, 0.15) is 32.3 Å². The van der Waals surface area contributed by atoms with Gasteiger partial charge >= 0.3 is 0 Å². The van der Waals surface area contributed by atoms with Crippen molar-refractivity contribution >= 4 is 0 Å². The summed E-state index contributed by atoms with van der Waals surface area (Å²) in [4.78, 5) is 0. The molecule has 2 N–H and O–H groups in total. The SMILES string of the molecule is CCCC(C)(CN)c1ccccc1. The molecule has 0 heterocycles. The third kappa shape index (κ3) is 2.31. The quantitative estimate of drug-likeness (QED) is 0.752. The predicted molar refractivity (Wildman–Crippen MR) is 57.8 cm³/mol. The van der Waals surface area contributed by atoms with Gasteiger partial charge in [-0.25, -0.2) is 0 Å². The van der Waals surface area contributed by atoms with Crippen LogP contribution in [0, 0.1) is 0 Å². The zero-order valence-electron chi connectivity index (χ0n) is 8.59. The third-order valence-electron chi connectivity index (χ3n) is 2.72. The van der Waals surface area contributed by atoms with Gasteiger partial charge in [0.1, 0.15) is 0 Å². The fraction of sp³-hybridized carbons (Fsp3) is 0.500. The molecule has 1 atom stereocenters. The number of nitrogens with two attached hydrogens (primary N) is 1. The molecule has 0 saturated heterocycles. The maximum absolute atomic E-state index is 5.83. The van der Waals surface area contributed by atoms with Gasteiger partial charge in [0, 0.05) is 12.0 Å². The molecule has 1 aromatic rings. The van der Waals surface area contributed by atoms with Crippen molar-refractivity contribution in [3.8, 4) is 0 Å². The van der Waals surface area contributed by atoms with Gasteiger partial charge in [0.25, 0.3) is 0 Å². The maximum atomic E-state index is 5.83. The minimum atomic E-state index is 0.163. The minimum Gasteiger partial charge on any atom is -0.330 e. The van der Waals surface area contributed by atoms with Crippen molar-refractivity contribution in [1.82, 2.24) is 0 Å². The highest BCUT2D eigenvalue weighted by atomic mass is 14.6. The van der Waals surface area contributed by atoms with Crippen LogP contribution in [0.2, 0.25) is 0 Å². The highest BCUT2D eigenvalue weighted by Crippen LogP contribution is 2.27. The molecule has 0 saturated carbocycles. The Kier molecular flexibility index (Phi) is 3.49. The lowest BCUT2D eigenvalue weighted by molar-refractivity contribution is 0.439. The molecule has 0 radical (unpaired) electrons. The van der Waals surface area contributed by atoms with Gasteiger partial charge in [-0.3, -0.25) is 0 Å². The van der Waals surface area contributed by atoms with Gasteiger partial charge in [0.05, 0.1) is 0 Å². The standard InChI is InChI=1S/C12H19N/c1-3-9-12(2,10-13)11-7-5-4-6-8-11/h4-8H,3,9-10,13H2,1-2H3. The lowest BCUT2D eigenvalue weighted by Crippen LogP contribution is -2.31. The van der Waals surface area contributed by atoms with Gasteiger partial charge in [-0.1, -0.05) is 50.6 Å².